The molecule has 20 heavy (non-hydrogen) atoms. The summed E-state index contributed by atoms with van der Waals surface area (Å²) in [6.45, 7) is 4.22. The maximum atomic E-state index is 11.9. The molecular formula is C13H17N3O2S2. The highest BCUT2D eigenvalue weighted by molar-refractivity contribution is 8.00. The predicted molar refractivity (Wildman–Crippen MR) is 83.0 cm³/mol. The number of nitrogens with two attached hydrogens (primary N) is 1. The van der Waals surface area contributed by atoms with Crippen molar-refractivity contribution in [2.75, 3.05) is 12.3 Å². The van der Waals surface area contributed by atoms with Crippen LogP contribution in [0.1, 0.15) is 26.7 Å². The average molecular weight is 311 g/mol. The number of thiophene rings is 1. The van der Waals surface area contributed by atoms with E-state index in [0.717, 1.165) is 23.1 Å². The molecule has 0 saturated carbocycles. The second kappa shape index (κ2) is 6.90. The summed E-state index contributed by atoms with van der Waals surface area (Å²) >= 11 is 2.84. The van der Waals surface area contributed by atoms with Crippen LogP contribution < -0.4 is 5.73 Å². The Balaban J connectivity index is 2.21. The fraction of sp³-hybridized carbons (Fsp3) is 0.462. The fourth-order valence-corrected chi connectivity index (χ4v) is 3.66. The molecule has 2 N–H and O–H groups in total. The molecule has 0 radical (unpaired) electrons. The van der Waals surface area contributed by atoms with Gasteiger partial charge in [0, 0.05) is 0 Å². The van der Waals surface area contributed by atoms with Crippen LogP contribution in [0.15, 0.2) is 16.6 Å². The van der Waals surface area contributed by atoms with Crippen molar-refractivity contribution in [2.45, 2.75) is 37.1 Å². The van der Waals surface area contributed by atoms with Crippen LogP contribution in [-0.4, -0.2) is 27.8 Å². The van der Waals surface area contributed by atoms with Crippen molar-refractivity contribution in [3.63, 3.8) is 0 Å². The Morgan fingerprint density at radius 1 is 1.50 bits per heavy atom. The number of carbonyl (C=O) groups excluding carboxylic acids is 1. The first kappa shape index (κ1) is 15.1. The van der Waals surface area contributed by atoms with Crippen molar-refractivity contribution in [3.05, 3.63) is 11.4 Å². The van der Waals surface area contributed by atoms with Gasteiger partial charge in [0.05, 0.1) is 12.0 Å². The van der Waals surface area contributed by atoms with E-state index in [1.165, 1.54) is 23.1 Å². The zero-order valence-electron chi connectivity index (χ0n) is 11.5. The first-order valence-corrected chi connectivity index (χ1v) is 8.25. The van der Waals surface area contributed by atoms with Crippen LogP contribution in [0.5, 0.6) is 0 Å². The molecule has 1 unspecified atom stereocenters. The summed E-state index contributed by atoms with van der Waals surface area (Å²) in [5.41, 5.74) is 5.91. The number of nitrogen functional groups attached to an aromatic ring is 1. The van der Waals surface area contributed by atoms with Crippen molar-refractivity contribution in [1.82, 2.24) is 9.97 Å². The number of ether oxygens (including phenoxy) is 1. The number of carbonyl (C=O) groups is 1. The zero-order chi connectivity index (χ0) is 14.5. The maximum absolute atomic E-state index is 11.9. The topological polar surface area (TPSA) is 78.1 Å². The van der Waals surface area contributed by atoms with Gasteiger partial charge in [-0.05, 0) is 24.8 Å². The van der Waals surface area contributed by atoms with Gasteiger partial charge in [-0.25, -0.2) is 9.97 Å². The van der Waals surface area contributed by atoms with Crippen LogP contribution in [0.2, 0.25) is 0 Å². The molecule has 108 valence electrons. The summed E-state index contributed by atoms with van der Waals surface area (Å²) in [6.07, 6.45) is 1.63. The Morgan fingerprint density at radius 3 is 3.00 bits per heavy atom. The van der Waals surface area contributed by atoms with Crippen LogP contribution >= 0.6 is 23.1 Å². The molecule has 5 nitrogen and oxygen atoms in total. The minimum atomic E-state index is -0.281. The summed E-state index contributed by atoms with van der Waals surface area (Å²) in [5, 5.41) is 3.04. The van der Waals surface area contributed by atoms with Crippen molar-refractivity contribution in [2.24, 2.45) is 0 Å². The molecule has 7 heteroatoms. The van der Waals surface area contributed by atoms with Crippen LogP contribution in [0.25, 0.3) is 10.2 Å². The van der Waals surface area contributed by atoms with Gasteiger partial charge >= 0.3 is 5.97 Å². The minimum Gasteiger partial charge on any atom is -0.465 e. The van der Waals surface area contributed by atoms with Gasteiger partial charge in [0.25, 0.3) is 0 Å². The zero-order valence-corrected chi connectivity index (χ0v) is 13.1. The van der Waals surface area contributed by atoms with Crippen LogP contribution in [0, 0.1) is 0 Å². The van der Waals surface area contributed by atoms with Crippen LogP contribution in [0.3, 0.4) is 0 Å². The summed E-state index contributed by atoms with van der Waals surface area (Å²) in [4.78, 5) is 21.5. The predicted octanol–water partition coefficient (Wildman–Crippen LogP) is 3.10. The number of rotatable bonds is 6. The van der Waals surface area contributed by atoms with Gasteiger partial charge in [0.2, 0.25) is 0 Å². The molecule has 0 aliphatic heterocycles. The molecule has 0 spiro atoms. The van der Waals surface area contributed by atoms with Crippen LogP contribution in [0.4, 0.5) is 5.82 Å². The smallest absolute Gasteiger partial charge is 0.319 e. The molecule has 0 aliphatic carbocycles. The second-order valence-corrected chi connectivity index (χ2v) is 6.24. The molecular weight excluding hydrogens is 294 g/mol. The minimum absolute atomic E-state index is 0.215. The number of nitrogens with zero attached hydrogens (tertiary/aromatic N) is 2. The Labute approximate surface area is 125 Å². The summed E-state index contributed by atoms with van der Waals surface area (Å²) in [6, 6.07) is 1.90. The molecule has 0 fully saturated rings. The standard InChI is InChI=1S/C13H17N3O2S2/c1-3-5-9(12(17)18-4-2)20-13-15-10(14)8-6-7-19-11(8)16-13/h6-7,9H,3-5H2,1-2H3,(H2,14,15,16). The van der Waals surface area contributed by atoms with E-state index in [1.807, 2.05) is 18.4 Å². The molecule has 2 heterocycles. The first-order chi connectivity index (χ1) is 9.65. The SMILES string of the molecule is CCCC(Sc1nc(N)c2ccsc2n1)C(=O)OCC. The third-order valence-corrected chi connectivity index (χ3v) is 4.59. The quantitative estimate of drug-likeness (QED) is 0.502. The Kier molecular flexibility index (Phi) is 5.19. The molecule has 1 atom stereocenters. The van der Waals surface area contributed by atoms with Crippen molar-refractivity contribution in [3.8, 4) is 0 Å². The van der Waals surface area contributed by atoms with E-state index in [9.17, 15) is 4.79 Å². The van der Waals surface area contributed by atoms with E-state index in [4.69, 9.17) is 10.5 Å². The number of esters is 1. The normalized spacial score (nSPS) is 12.5. The largest absolute Gasteiger partial charge is 0.465 e. The third kappa shape index (κ3) is 3.40. The van der Waals surface area contributed by atoms with Crippen LogP contribution in [-0.2, 0) is 9.53 Å². The number of hydrogen-bond donors (Lipinski definition) is 1. The van der Waals surface area contributed by atoms with Gasteiger partial charge in [0.15, 0.2) is 5.16 Å². The van der Waals surface area contributed by atoms with Crippen molar-refractivity contribution in [1.29, 1.82) is 0 Å². The third-order valence-electron chi connectivity index (χ3n) is 2.68. The summed E-state index contributed by atoms with van der Waals surface area (Å²) in [7, 11) is 0. The van der Waals surface area contributed by atoms with E-state index < -0.39 is 0 Å². The highest BCUT2D eigenvalue weighted by Gasteiger charge is 2.22. The number of fused-ring (bicyclic) bond motifs is 1. The van der Waals surface area contributed by atoms with Crippen molar-refractivity contribution < 1.29 is 9.53 Å². The molecule has 0 saturated heterocycles. The highest BCUT2D eigenvalue weighted by Crippen LogP contribution is 2.30. The highest BCUT2D eigenvalue weighted by atomic mass is 32.2. The monoisotopic (exact) mass is 311 g/mol. The number of thioether (sulfide) groups is 1. The lowest BCUT2D eigenvalue weighted by Crippen LogP contribution is -2.20. The van der Waals surface area contributed by atoms with E-state index in [-0.39, 0.29) is 11.2 Å². The Bertz CT molecular complexity index is 600. The van der Waals surface area contributed by atoms with Gasteiger partial charge in [-0.3, -0.25) is 4.79 Å². The van der Waals surface area contributed by atoms with E-state index >= 15 is 0 Å². The lowest BCUT2D eigenvalue weighted by Gasteiger charge is -2.13. The summed E-state index contributed by atoms with van der Waals surface area (Å²) < 4.78 is 5.09. The lowest BCUT2D eigenvalue weighted by molar-refractivity contribution is -0.142. The molecule has 2 aromatic heterocycles. The van der Waals surface area contributed by atoms with E-state index in [0.29, 0.717) is 17.6 Å². The van der Waals surface area contributed by atoms with E-state index in [1.54, 1.807) is 6.92 Å². The Morgan fingerprint density at radius 2 is 2.30 bits per heavy atom. The molecule has 2 rings (SSSR count). The van der Waals surface area contributed by atoms with Gasteiger partial charge in [-0.15, -0.1) is 11.3 Å². The summed E-state index contributed by atoms with van der Waals surface area (Å²) in [5.74, 6) is 0.241. The maximum Gasteiger partial charge on any atom is 0.319 e. The molecule has 0 aromatic carbocycles. The van der Waals surface area contributed by atoms with Crippen molar-refractivity contribution >= 4 is 45.1 Å². The fourth-order valence-electron chi connectivity index (χ4n) is 1.76. The molecule has 0 amide bonds. The van der Waals surface area contributed by atoms with Gasteiger partial charge in [-0.2, -0.15) is 0 Å². The Hall–Kier alpha value is -1.34. The number of hydrogen-bond acceptors (Lipinski definition) is 7. The van der Waals surface area contributed by atoms with Gasteiger partial charge in [-0.1, -0.05) is 25.1 Å². The molecule has 0 bridgehead atoms. The second-order valence-electron chi connectivity index (χ2n) is 4.18. The molecule has 0 aliphatic rings. The number of aromatic nitrogens is 2. The average Bonchev–Trinajstić information content (AvgIpc) is 2.87. The van der Waals surface area contributed by atoms with Gasteiger partial charge < -0.3 is 10.5 Å². The first-order valence-electron chi connectivity index (χ1n) is 6.49. The lowest BCUT2D eigenvalue weighted by atomic mass is 10.2. The van der Waals surface area contributed by atoms with Gasteiger partial charge in [0.1, 0.15) is 15.9 Å². The van der Waals surface area contributed by atoms with E-state index in [2.05, 4.69) is 9.97 Å². The number of anilines is 1. The molecule has 2 aromatic rings.